The van der Waals surface area contributed by atoms with E-state index in [1.807, 2.05) is 0 Å². The van der Waals surface area contributed by atoms with Crippen LogP contribution in [0.15, 0.2) is 48.8 Å². The average Bonchev–Trinajstić information content (AvgIpc) is 2.90. The Kier molecular flexibility index (Phi) is 2.91. The largest absolute Gasteiger partial charge is 0.478 e. The standard InChI is InChI=1S/C15H10N2O4/c18-14(19)10-3-1-9(2-4-10)12-8-17-6-5-11(15(20)21)7-13(17)16-12/h1-8H,(H,18,19)(H,20,21). The fourth-order valence-electron chi connectivity index (χ4n) is 2.04. The number of nitrogens with zero attached hydrogens (tertiary/aromatic N) is 2. The fourth-order valence-corrected chi connectivity index (χ4v) is 2.04. The first kappa shape index (κ1) is 12.9. The Morgan fingerprint density at radius 1 is 0.952 bits per heavy atom. The summed E-state index contributed by atoms with van der Waals surface area (Å²) in [6, 6.07) is 9.33. The van der Waals surface area contributed by atoms with Gasteiger partial charge in [-0.1, -0.05) is 12.1 Å². The molecular weight excluding hydrogens is 272 g/mol. The van der Waals surface area contributed by atoms with Crippen molar-refractivity contribution in [1.29, 1.82) is 0 Å². The van der Waals surface area contributed by atoms with Crippen molar-refractivity contribution in [2.45, 2.75) is 0 Å². The van der Waals surface area contributed by atoms with Gasteiger partial charge in [-0.05, 0) is 24.3 Å². The Hall–Kier alpha value is -3.15. The summed E-state index contributed by atoms with van der Waals surface area (Å²) >= 11 is 0. The van der Waals surface area contributed by atoms with E-state index in [9.17, 15) is 9.59 Å². The zero-order valence-corrected chi connectivity index (χ0v) is 10.7. The van der Waals surface area contributed by atoms with Gasteiger partial charge in [-0.15, -0.1) is 0 Å². The first-order chi connectivity index (χ1) is 10.0. The van der Waals surface area contributed by atoms with E-state index in [1.54, 1.807) is 28.9 Å². The maximum atomic E-state index is 10.9. The van der Waals surface area contributed by atoms with E-state index in [0.29, 0.717) is 11.3 Å². The van der Waals surface area contributed by atoms with Gasteiger partial charge in [0.15, 0.2) is 0 Å². The monoisotopic (exact) mass is 282 g/mol. The Morgan fingerprint density at radius 3 is 2.24 bits per heavy atom. The number of imidazole rings is 1. The molecule has 104 valence electrons. The molecular formula is C15H10N2O4. The summed E-state index contributed by atoms with van der Waals surface area (Å²) in [5, 5.41) is 17.8. The zero-order chi connectivity index (χ0) is 15.0. The minimum Gasteiger partial charge on any atom is -0.478 e. The van der Waals surface area contributed by atoms with E-state index < -0.39 is 11.9 Å². The molecule has 3 aromatic rings. The summed E-state index contributed by atoms with van der Waals surface area (Å²) in [5.41, 5.74) is 2.30. The normalized spacial score (nSPS) is 10.7. The molecule has 21 heavy (non-hydrogen) atoms. The molecule has 2 N–H and O–H groups in total. The van der Waals surface area contributed by atoms with Crippen LogP contribution in [0.2, 0.25) is 0 Å². The zero-order valence-electron chi connectivity index (χ0n) is 10.7. The number of carboxylic acids is 2. The Morgan fingerprint density at radius 2 is 1.62 bits per heavy atom. The van der Waals surface area contributed by atoms with Crippen LogP contribution in [-0.2, 0) is 0 Å². The lowest BCUT2D eigenvalue weighted by Crippen LogP contribution is -1.96. The van der Waals surface area contributed by atoms with Gasteiger partial charge in [0.2, 0.25) is 0 Å². The molecule has 2 aromatic heterocycles. The first-order valence-electron chi connectivity index (χ1n) is 6.10. The summed E-state index contributed by atoms with van der Waals surface area (Å²) in [4.78, 5) is 26.1. The molecule has 6 nitrogen and oxygen atoms in total. The van der Waals surface area contributed by atoms with Crippen molar-refractivity contribution < 1.29 is 19.8 Å². The summed E-state index contributed by atoms with van der Waals surface area (Å²) in [5.74, 6) is -1.99. The summed E-state index contributed by atoms with van der Waals surface area (Å²) < 4.78 is 1.72. The molecule has 2 heterocycles. The highest BCUT2D eigenvalue weighted by Gasteiger charge is 2.09. The second kappa shape index (κ2) is 4.75. The molecule has 0 aliphatic rings. The molecule has 0 spiro atoms. The highest BCUT2D eigenvalue weighted by Crippen LogP contribution is 2.20. The van der Waals surface area contributed by atoms with Crippen LogP contribution in [0.1, 0.15) is 20.7 Å². The third-order valence-electron chi connectivity index (χ3n) is 3.13. The van der Waals surface area contributed by atoms with Gasteiger partial charge in [-0.2, -0.15) is 0 Å². The molecule has 0 amide bonds. The highest BCUT2D eigenvalue weighted by molar-refractivity contribution is 5.89. The first-order valence-corrected chi connectivity index (χ1v) is 6.10. The van der Waals surface area contributed by atoms with Crippen LogP contribution in [0.25, 0.3) is 16.9 Å². The third-order valence-corrected chi connectivity index (χ3v) is 3.13. The molecule has 0 aliphatic heterocycles. The number of carboxylic acid groups (broad SMARTS) is 2. The third kappa shape index (κ3) is 2.34. The molecule has 0 aliphatic carbocycles. The predicted octanol–water partition coefficient (Wildman–Crippen LogP) is 2.40. The van der Waals surface area contributed by atoms with Gasteiger partial charge in [0, 0.05) is 18.0 Å². The fraction of sp³-hybridized carbons (Fsp3) is 0. The van der Waals surface area contributed by atoms with Gasteiger partial charge in [0.05, 0.1) is 16.8 Å². The molecule has 0 atom stereocenters. The van der Waals surface area contributed by atoms with Crippen LogP contribution in [-0.4, -0.2) is 31.5 Å². The summed E-state index contributed by atoms with van der Waals surface area (Å²) in [7, 11) is 0. The van der Waals surface area contributed by atoms with E-state index in [2.05, 4.69) is 4.98 Å². The van der Waals surface area contributed by atoms with E-state index >= 15 is 0 Å². The van der Waals surface area contributed by atoms with Crippen LogP contribution >= 0.6 is 0 Å². The van der Waals surface area contributed by atoms with E-state index in [0.717, 1.165) is 5.56 Å². The average molecular weight is 282 g/mol. The Labute approximate surface area is 118 Å². The van der Waals surface area contributed by atoms with Gasteiger partial charge in [0.25, 0.3) is 0 Å². The topological polar surface area (TPSA) is 91.9 Å². The number of benzene rings is 1. The van der Waals surface area contributed by atoms with E-state index in [4.69, 9.17) is 10.2 Å². The molecule has 1 aromatic carbocycles. The SMILES string of the molecule is O=C(O)c1ccc(-c2cn3ccc(C(=O)O)cc3n2)cc1. The van der Waals surface area contributed by atoms with Gasteiger partial charge in [-0.3, -0.25) is 0 Å². The van der Waals surface area contributed by atoms with Gasteiger partial charge < -0.3 is 14.6 Å². The highest BCUT2D eigenvalue weighted by atomic mass is 16.4. The lowest BCUT2D eigenvalue weighted by molar-refractivity contribution is 0.0686. The maximum Gasteiger partial charge on any atom is 0.335 e. The van der Waals surface area contributed by atoms with Crippen molar-refractivity contribution in [2.24, 2.45) is 0 Å². The van der Waals surface area contributed by atoms with Crippen LogP contribution in [0.5, 0.6) is 0 Å². The number of aromatic carboxylic acids is 2. The molecule has 0 saturated heterocycles. The van der Waals surface area contributed by atoms with Crippen molar-refractivity contribution >= 4 is 17.6 Å². The number of hydrogen-bond donors (Lipinski definition) is 2. The van der Waals surface area contributed by atoms with E-state index in [-0.39, 0.29) is 11.1 Å². The predicted molar refractivity (Wildman–Crippen MR) is 74.5 cm³/mol. The smallest absolute Gasteiger partial charge is 0.335 e. The summed E-state index contributed by atoms with van der Waals surface area (Å²) in [6.07, 6.45) is 3.39. The number of fused-ring (bicyclic) bond motifs is 1. The molecule has 0 bridgehead atoms. The van der Waals surface area contributed by atoms with Gasteiger partial charge in [0.1, 0.15) is 5.65 Å². The molecule has 6 heteroatoms. The van der Waals surface area contributed by atoms with E-state index in [1.165, 1.54) is 24.3 Å². The number of pyridine rings is 1. The maximum absolute atomic E-state index is 10.9. The van der Waals surface area contributed by atoms with Gasteiger partial charge in [-0.25, -0.2) is 14.6 Å². The number of rotatable bonds is 3. The second-order valence-electron chi connectivity index (χ2n) is 4.49. The number of aromatic nitrogens is 2. The Bertz CT molecular complexity index is 850. The van der Waals surface area contributed by atoms with Crippen LogP contribution in [0, 0.1) is 0 Å². The number of carbonyl (C=O) groups is 2. The molecule has 3 rings (SSSR count). The second-order valence-corrected chi connectivity index (χ2v) is 4.49. The van der Waals surface area contributed by atoms with Crippen molar-refractivity contribution in [3.05, 3.63) is 59.9 Å². The van der Waals surface area contributed by atoms with Crippen LogP contribution < -0.4 is 0 Å². The van der Waals surface area contributed by atoms with Crippen LogP contribution in [0.3, 0.4) is 0 Å². The molecule has 0 saturated carbocycles. The van der Waals surface area contributed by atoms with Crippen molar-refractivity contribution in [1.82, 2.24) is 9.38 Å². The quantitative estimate of drug-likeness (QED) is 0.769. The molecule has 0 unspecified atom stereocenters. The molecule has 0 fully saturated rings. The molecule has 0 radical (unpaired) electrons. The van der Waals surface area contributed by atoms with Crippen molar-refractivity contribution in [3.8, 4) is 11.3 Å². The lowest BCUT2D eigenvalue weighted by Gasteiger charge is -1.97. The number of hydrogen-bond acceptors (Lipinski definition) is 3. The minimum absolute atomic E-state index is 0.167. The summed E-state index contributed by atoms with van der Waals surface area (Å²) in [6.45, 7) is 0. The minimum atomic E-state index is -1.01. The van der Waals surface area contributed by atoms with Crippen molar-refractivity contribution in [3.63, 3.8) is 0 Å². The van der Waals surface area contributed by atoms with Crippen LogP contribution in [0.4, 0.5) is 0 Å². The lowest BCUT2D eigenvalue weighted by atomic mass is 10.1. The van der Waals surface area contributed by atoms with Crippen molar-refractivity contribution in [2.75, 3.05) is 0 Å². The Balaban J connectivity index is 2.04. The van der Waals surface area contributed by atoms with Gasteiger partial charge >= 0.3 is 11.9 Å².